The Morgan fingerprint density at radius 1 is 0.800 bits per heavy atom. The van der Waals surface area contributed by atoms with Gasteiger partial charge in [-0.1, -0.05) is 12.1 Å². The van der Waals surface area contributed by atoms with Crippen LogP contribution in [0.1, 0.15) is 22.1 Å². The summed E-state index contributed by atoms with van der Waals surface area (Å²) in [6.45, 7) is 0. The minimum Gasteiger partial charge on any atom is -0.359 e. The predicted octanol–water partition coefficient (Wildman–Crippen LogP) is 3.17. The lowest BCUT2D eigenvalue weighted by atomic mass is 9.89. The van der Waals surface area contributed by atoms with Crippen molar-refractivity contribution in [2.24, 2.45) is 0 Å². The van der Waals surface area contributed by atoms with Crippen LogP contribution in [0.4, 0.5) is 11.4 Å². The van der Waals surface area contributed by atoms with E-state index in [1.165, 1.54) is 45.7 Å². The number of rotatable bonds is 2. The Balaban J connectivity index is 1.42. The van der Waals surface area contributed by atoms with Crippen molar-refractivity contribution in [2.45, 2.75) is 16.0 Å². The number of hydrogen-bond acceptors (Lipinski definition) is 8. The molecule has 2 aliphatic heterocycles. The molecule has 6 aromatic rings. The molecule has 1 unspecified atom stereocenters. The van der Waals surface area contributed by atoms with Gasteiger partial charge in [-0.05, 0) is 48.5 Å². The minimum atomic E-state index is -4.49. The number of hydrogen-bond donors (Lipinski definition) is 3. The van der Waals surface area contributed by atoms with Crippen LogP contribution in [0.3, 0.4) is 0 Å². The average Bonchev–Trinajstić information content (AvgIpc) is 3.48. The van der Waals surface area contributed by atoms with Crippen LogP contribution in [-0.2, 0) is 20.2 Å². The van der Waals surface area contributed by atoms with E-state index in [0.717, 1.165) is 0 Å². The summed E-state index contributed by atoms with van der Waals surface area (Å²) in [6.07, 6.45) is -0.705. The molecule has 1 amide bonds. The first-order valence-electron chi connectivity index (χ1n) is 11.8. The molecule has 0 saturated carbocycles. The highest BCUT2D eigenvalue weighted by Gasteiger charge is 2.41. The largest absolute Gasteiger partial charge is 0.359 e. The smallest absolute Gasteiger partial charge is 0.294 e. The van der Waals surface area contributed by atoms with E-state index in [-0.39, 0.29) is 26.9 Å². The number of aromatic nitrogens is 2. The fraction of sp³-hybridized carbons (Fsp3) is 0.0385. The van der Waals surface area contributed by atoms with Gasteiger partial charge in [-0.2, -0.15) is 16.8 Å². The quantitative estimate of drug-likeness (QED) is 0.260. The number of carbonyl (C=O) groups is 1. The molecule has 8 rings (SSSR count). The first-order valence-corrected chi connectivity index (χ1v) is 14.7. The molecule has 3 N–H and O–H groups in total. The maximum atomic E-state index is 13.8. The molecule has 2 aromatic heterocycles. The van der Waals surface area contributed by atoms with E-state index >= 15 is 0 Å². The summed E-state index contributed by atoms with van der Waals surface area (Å²) in [5, 5.41) is 5.12. The van der Waals surface area contributed by atoms with Crippen LogP contribution in [0.5, 0.6) is 0 Å². The fourth-order valence-electron chi connectivity index (χ4n) is 5.95. The summed E-state index contributed by atoms with van der Waals surface area (Å²) in [6, 6.07) is 14.4. The summed E-state index contributed by atoms with van der Waals surface area (Å²) in [5.41, 5.74) is 2.20. The van der Waals surface area contributed by atoms with Crippen LogP contribution in [0.2, 0.25) is 0 Å². The van der Waals surface area contributed by atoms with Gasteiger partial charge < -0.3 is 5.32 Å². The van der Waals surface area contributed by atoms with Crippen molar-refractivity contribution < 1.29 is 30.7 Å². The number of nitrogens with zero attached hydrogens (tertiary/aromatic N) is 3. The second-order valence-corrected chi connectivity index (χ2v) is 12.5. The van der Waals surface area contributed by atoms with Crippen molar-refractivity contribution in [1.29, 1.82) is 0 Å². The summed E-state index contributed by atoms with van der Waals surface area (Å²) < 4.78 is 67.0. The monoisotopic (exact) mass is 574 g/mol. The van der Waals surface area contributed by atoms with Crippen LogP contribution >= 0.6 is 0 Å². The number of nitrogens with one attached hydrogen (secondary N) is 1. The van der Waals surface area contributed by atoms with Gasteiger partial charge in [0.25, 0.3) is 31.7 Å². The summed E-state index contributed by atoms with van der Waals surface area (Å²) >= 11 is 0. The molecule has 2 aliphatic rings. The van der Waals surface area contributed by atoms with Crippen molar-refractivity contribution in [3.63, 3.8) is 0 Å². The van der Waals surface area contributed by atoms with Gasteiger partial charge in [-0.3, -0.25) is 28.0 Å². The van der Waals surface area contributed by atoms with Gasteiger partial charge >= 0.3 is 0 Å². The van der Waals surface area contributed by atoms with Crippen molar-refractivity contribution >= 4 is 75.7 Å². The number of amides is 1. The first-order chi connectivity index (χ1) is 18.9. The van der Waals surface area contributed by atoms with E-state index in [2.05, 4.69) is 10.3 Å². The molecule has 0 bridgehead atoms. The van der Waals surface area contributed by atoms with E-state index < -0.39 is 32.0 Å². The molecule has 4 heterocycles. The number of pyridine rings is 1. The van der Waals surface area contributed by atoms with Crippen LogP contribution in [-0.4, -0.2) is 41.2 Å². The molecule has 14 heteroatoms. The van der Waals surface area contributed by atoms with Gasteiger partial charge in [0.1, 0.15) is 11.8 Å². The van der Waals surface area contributed by atoms with E-state index in [9.17, 15) is 35.5 Å². The number of benzene rings is 4. The number of anilines is 2. The third-order valence-electron chi connectivity index (χ3n) is 7.61. The highest BCUT2D eigenvalue weighted by atomic mass is 32.2. The summed E-state index contributed by atoms with van der Waals surface area (Å²) in [5.74, 6) is -0.364. The van der Waals surface area contributed by atoms with Gasteiger partial charge in [-0.15, -0.1) is 0 Å². The molecule has 0 radical (unpaired) electrons. The molecule has 4 aromatic carbocycles. The minimum absolute atomic E-state index is 0.195. The second kappa shape index (κ2) is 7.11. The normalized spacial score (nSPS) is 16.7. The molecular weight excluding hydrogens is 560 g/mol. The molecule has 1 atom stereocenters. The zero-order valence-corrected chi connectivity index (χ0v) is 21.5. The van der Waals surface area contributed by atoms with Crippen LogP contribution in [0, 0.1) is 0 Å². The maximum Gasteiger partial charge on any atom is 0.294 e. The molecule has 0 saturated heterocycles. The standard InChI is InChI=1S/C26H14N4O8S2/c31-25-15-5-6-16-22-14(24-28-18-10-12(40(36,37)38)2-8-20(18)30(24)26(16)32)4-3-13(21(15)22)23-27-17-9-11(39(33,34)35)1-7-19(17)29(23)25/h1-10,23,27H,(H,33,34,35)(H,36,37,38). The molecular formula is C26H14N4O8S2. The average molecular weight is 575 g/mol. The zero-order valence-electron chi connectivity index (χ0n) is 19.9. The van der Waals surface area contributed by atoms with E-state index in [1.807, 2.05) is 0 Å². The molecule has 12 nitrogen and oxygen atoms in total. The lowest BCUT2D eigenvalue weighted by Crippen LogP contribution is -2.38. The maximum absolute atomic E-state index is 13.8. The van der Waals surface area contributed by atoms with Crippen molar-refractivity contribution in [3.05, 3.63) is 82.1 Å². The Morgan fingerprint density at radius 2 is 1.50 bits per heavy atom. The topological polar surface area (TPSA) is 175 Å². The third kappa shape index (κ3) is 2.82. The van der Waals surface area contributed by atoms with Crippen LogP contribution < -0.4 is 15.8 Å². The Kier molecular flexibility index (Phi) is 4.14. The Morgan fingerprint density at radius 3 is 2.25 bits per heavy atom. The van der Waals surface area contributed by atoms with Crippen molar-refractivity contribution in [1.82, 2.24) is 9.38 Å². The molecule has 0 spiro atoms. The Labute approximate surface area is 223 Å². The lowest BCUT2D eigenvalue weighted by molar-refractivity contribution is 0.0980. The van der Waals surface area contributed by atoms with Crippen LogP contribution in [0.15, 0.2) is 75.2 Å². The lowest BCUT2D eigenvalue weighted by Gasteiger charge is -2.32. The van der Waals surface area contributed by atoms with Gasteiger partial charge in [-0.25, -0.2) is 4.98 Å². The highest BCUT2D eigenvalue weighted by Crippen LogP contribution is 2.49. The van der Waals surface area contributed by atoms with E-state index in [4.69, 9.17) is 0 Å². The molecule has 198 valence electrons. The number of imidazole rings is 1. The number of carbonyl (C=O) groups excluding carboxylic acids is 1. The first kappa shape index (κ1) is 23.3. The summed E-state index contributed by atoms with van der Waals surface area (Å²) in [7, 11) is -8.95. The highest BCUT2D eigenvalue weighted by molar-refractivity contribution is 7.86. The molecule has 0 fully saturated rings. The summed E-state index contributed by atoms with van der Waals surface area (Å²) in [4.78, 5) is 32.9. The molecule has 0 aliphatic carbocycles. The van der Waals surface area contributed by atoms with Crippen molar-refractivity contribution in [2.75, 3.05) is 10.2 Å². The predicted molar refractivity (Wildman–Crippen MR) is 144 cm³/mol. The number of fused-ring (bicyclic) bond motifs is 8. The van der Waals surface area contributed by atoms with Gasteiger partial charge in [0, 0.05) is 32.7 Å². The van der Waals surface area contributed by atoms with E-state index in [1.54, 1.807) is 24.3 Å². The van der Waals surface area contributed by atoms with Gasteiger partial charge in [0.2, 0.25) is 0 Å². The van der Waals surface area contributed by atoms with Gasteiger partial charge in [0.15, 0.2) is 0 Å². The third-order valence-corrected chi connectivity index (χ3v) is 9.31. The molecule has 40 heavy (non-hydrogen) atoms. The SMILES string of the molecule is O=C1c2ccc3c(=O)n4c5ccc(S(=O)(=O)O)cc5nc4c4ccc(c2c34)C2Nc3cc(S(=O)(=O)O)ccc3N12. The van der Waals surface area contributed by atoms with Gasteiger partial charge in [0.05, 0.1) is 32.2 Å². The second-order valence-electron chi connectivity index (χ2n) is 9.69. The Hall–Kier alpha value is -4.63. The fourth-order valence-corrected chi connectivity index (χ4v) is 6.95. The van der Waals surface area contributed by atoms with Crippen molar-refractivity contribution in [3.8, 4) is 0 Å². The van der Waals surface area contributed by atoms with E-state index in [0.29, 0.717) is 49.6 Å². The van der Waals surface area contributed by atoms with Crippen LogP contribution in [0.25, 0.3) is 38.2 Å². The zero-order chi connectivity index (χ0) is 27.9. The Bertz CT molecular complexity index is 2470.